The number of halogens is 4. The van der Waals surface area contributed by atoms with E-state index in [-0.39, 0.29) is 48.1 Å². The number of hydrogen-bond donors (Lipinski definition) is 1. The van der Waals surface area contributed by atoms with Gasteiger partial charge < -0.3 is 14.2 Å². The molecule has 2 aromatic rings. The van der Waals surface area contributed by atoms with Gasteiger partial charge in [0.15, 0.2) is 12.6 Å². The van der Waals surface area contributed by atoms with Crippen molar-refractivity contribution in [1.29, 1.82) is 0 Å². The number of fused-ring (bicyclic) bond motifs is 5. The molecule has 8 nitrogen and oxygen atoms in total. The topological polar surface area (TPSA) is 61.8 Å². The molecule has 4 saturated heterocycles. The van der Waals surface area contributed by atoms with Gasteiger partial charge in [0.05, 0.1) is 16.8 Å². The minimum atomic E-state index is -0.962. The number of rotatable bonds is 8. The molecule has 4 bridgehead atoms. The zero-order valence-corrected chi connectivity index (χ0v) is 29.0. The first kappa shape index (κ1) is 33.0. The summed E-state index contributed by atoms with van der Waals surface area (Å²) in [6.07, 6.45) is 6.31. The maximum atomic E-state index is 17.8. The van der Waals surface area contributed by atoms with Gasteiger partial charge in [-0.15, -0.1) is 0 Å². The van der Waals surface area contributed by atoms with Crippen molar-refractivity contribution in [2.24, 2.45) is 10.9 Å². The molecule has 0 spiro atoms. The zero-order chi connectivity index (χ0) is 35.0. The van der Waals surface area contributed by atoms with Crippen LogP contribution in [0.4, 0.5) is 17.6 Å². The Labute approximate surface area is 295 Å². The quantitative estimate of drug-likeness (QED) is 0.225. The van der Waals surface area contributed by atoms with Gasteiger partial charge in [0.1, 0.15) is 42.7 Å². The van der Waals surface area contributed by atoms with E-state index in [0.29, 0.717) is 66.8 Å². The van der Waals surface area contributed by atoms with Crippen molar-refractivity contribution < 1.29 is 31.8 Å². The molecule has 51 heavy (non-hydrogen) atoms. The number of aliphatic imine (C=N–C) groups is 1. The molecular weight excluding hydrogens is 662 g/mol. The van der Waals surface area contributed by atoms with Crippen LogP contribution >= 0.6 is 0 Å². The third kappa shape index (κ3) is 5.22. The van der Waals surface area contributed by atoms with Crippen molar-refractivity contribution in [1.82, 2.24) is 20.2 Å². The molecule has 4 atom stereocenters. The third-order valence-corrected chi connectivity index (χ3v) is 12.1. The van der Waals surface area contributed by atoms with Gasteiger partial charge in [-0.1, -0.05) is 13.0 Å². The number of hydrogen-bond acceptors (Lipinski definition) is 8. The van der Waals surface area contributed by atoms with Crippen molar-refractivity contribution in [2.45, 2.75) is 82.5 Å². The van der Waals surface area contributed by atoms with Gasteiger partial charge >= 0.3 is 0 Å². The predicted molar refractivity (Wildman–Crippen MR) is 186 cm³/mol. The molecule has 7 heterocycles. The van der Waals surface area contributed by atoms with Crippen molar-refractivity contribution in [3.05, 3.63) is 81.8 Å². The molecule has 0 saturated carbocycles. The summed E-state index contributed by atoms with van der Waals surface area (Å²) in [4.78, 5) is 8.87. The highest BCUT2D eigenvalue weighted by Gasteiger charge is 2.51. The van der Waals surface area contributed by atoms with E-state index in [1.54, 1.807) is 23.1 Å². The van der Waals surface area contributed by atoms with E-state index >= 15 is 13.2 Å². The number of amidine groups is 1. The molecule has 0 aromatic heterocycles. The van der Waals surface area contributed by atoms with E-state index in [2.05, 4.69) is 15.3 Å². The average Bonchev–Trinajstić information content (AvgIpc) is 3.61. The molecule has 0 radical (unpaired) electrons. The molecule has 0 amide bonds. The highest BCUT2D eigenvalue weighted by atomic mass is 19.1. The summed E-state index contributed by atoms with van der Waals surface area (Å²) in [5, 5.41) is 3.10. The minimum Gasteiger partial charge on any atom is -0.477 e. The van der Waals surface area contributed by atoms with Crippen LogP contribution in [-0.2, 0) is 15.9 Å². The maximum Gasteiger partial charge on any atom is 0.202 e. The Morgan fingerprint density at radius 3 is 2.78 bits per heavy atom. The number of ether oxygens (including phenoxy) is 3. The van der Waals surface area contributed by atoms with E-state index in [9.17, 15) is 4.39 Å². The maximum absolute atomic E-state index is 17.8. The van der Waals surface area contributed by atoms with Gasteiger partial charge in [0.25, 0.3) is 0 Å². The highest BCUT2D eigenvalue weighted by molar-refractivity contribution is 6.05. The normalized spacial score (nSPS) is 28.9. The number of nitrogens with zero attached hydrogens (tertiary/aromatic N) is 4. The van der Waals surface area contributed by atoms with Gasteiger partial charge in [-0.2, -0.15) is 0 Å². The number of nitrogens with one attached hydrogen (secondary N) is 1. The van der Waals surface area contributed by atoms with Crippen molar-refractivity contribution in [3.63, 3.8) is 0 Å². The second-order valence-corrected chi connectivity index (χ2v) is 14.8. The van der Waals surface area contributed by atoms with Gasteiger partial charge in [-0.05, 0) is 98.0 Å². The van der Waals surface area contributed by atoms with Gasteiger partial charge in [-0.25, -0.2) is 28.0 Å². The summed E-state index contributed by atoms with van der Waals surface area (Å²) in [5.74, 6) is -0.827. The van der Waals surface area contributed by atoms with E-state index in [0.717, 1.165) is 49.9 Å². The fraction of sp³-hybridized carbons (Fsp3) is 0.513. The van der Waals surface area contributed by atoms with Crippen LogP contribution in [0.25, 0.3) is 16.3 Å². The van der Waals surface area contributed by atoms with Crippen LogP contribution < -0.4 is 10.2 Å². The van der Waals surface area contributed by atoms with E-state index in [4.69, 9.17) is 19.2 Å². The lowest BCUT2D eigenvalue weighted by atomic mass is 9.74. The Hall–Kier alpha value is -3.87. The first-order chi connectivity index (χ1) is 24.8. The lowest BCUT2D eigenvalue weighted by Crippen LogP contribution is -2.60. The first-order valence-corrected chi connectivity index (χ1v) is 18.3. The van der Waals surface area contributed by atoms with Crippen LogP contribution in [0.1, 0.15) is 69.4 Å². The summed E-state index contributed by atoms with van der Waals surface area (Å²) in [5.41, 5.74) is 5.82. The molecule has 12 heteroatoms. The molecular formula is C39H43F4N5O3. The summed E-state index contributed by atoms with van der Waals surface area (Å²) in [6.45, 7) is 3.36. The van der Waals surface area contributed by atoms with Crippen molar-refractivity contribution in [2.75, 3.05) is 40.3 Å². The number of alkyl halides is 1. The first-order valence-electron chi connectivity index (χ1n) is 18.3. The SMILES string of the molecule is CCc1c(F)ccc2cc(OCOC)cc(C3=C(F)C=C(OC[C@@]45CCCN4C[C@H](F)C5)N4C5=NCN6N[C@H]7CCC6=C5[C@H]7CCCC4=C3F)c12. The smallest absolute Gasteiger partial charge is 0.202 e. The molecule has 270 valence electrons. The molecule has 0 unspecified atom stereocenters. The fourth-order valence-electron chi connectivity index (χ4n) is 9.86. The monoisotopic (exact) mass is 705 g/mol. The van der Waals surface area contributed by atoms with E-state index in [1.165, 1.54) is 19.3 Å². The number of methoxy groups -OCH3 is 1. The number of allylic oxidation sites excluding steroid dienone is 6. The Morgan fingerprint density at radius 2 is 1.94 bits per heavy atom. The van der Waals surface area contributed by atoms with Gasteiger partial charge in [0, 0.05) is 49.4 Å². The van der Waals surface area contributed by atoms with Crippen molar-refractivity contribution in [3.8, 4) is 5.75 Å². The Bertz CT molecular complexity index is 1960. The van der Waals surface area contributed by atoms with E-state index in [1.807, 2.05) is 6.92 Å². The molecule has 8 aliphatic rings. The molecule has 7 aliphatic heterocycles. The molecule has 4 fully saturated rings. The second-order valence-electron chi connectivity index (χ2n) is 14.8. The largest absolute Gasteiger partial charge is 0.477 e. The Morgan fingerprint density at radius 1 is 1.06 bits per heavy atom. The van der Waals surface area contributed by atoms with Crippen LogP contribution in [0.2, 0.25) is 0 Å². The summed E-state index contributed by atoms with van der Waals surface area (Å²) in [6, 6.07) is 6.52. The average molecular weight is 706 g/mol. The summed E-state index contributed by atoms with van der Waals surface area (Å²) in [7, 11) is 1.49. The number of benzene rings is 2. The third-order valence-electron chi connectivity index (χ3n) is 12.1. The highest BCUT2D eigenvalue weighted by Crippen LogP contribution is 2.50. The number of aryl methyl sites for hydroxylation is 1. The van der Waals surface area contributed by atoms with Gasteiger partial charge in [0.2, 0.25) is 5.88 Å². The fourth-order valence-corrected chi connectivity index (χ4v) is 9.86. The van der Waals surface area contributed by atoms with Crippen molar-refractivity contribution >= 4 is 22.2 Å². The van der Waals surface area contributed by atoms with Crippen LogP contribution in [0.3, 0.4) is 0 Å². The molecule has 10 rings (SSSR count). The lowest BCUT2D eigenvalue weighted by Gasteiger charge is -2.52. The lowest BCUT2D eigenvalue weighted by molar-refractivity contribution is 0.0498. The number of hydrazine groups is 1. The van der Waals surface area contributed by atoms with Crippen LogP contribution in [-0.4, -0.2) is 78.7 Å². The standard InChI is InChI=1S/C39H43F4N5O3/c1-3-25-28(41)9-8-22-14-24(51-21-49-2)15-27(34(22)25)35-29(42)16-33(50-19-39-12-5-13-46(39)18-23(40)17-39)48-32(37(35)43)7-4-6-26-30-10-11-31-36(26)38(48)44-20-47(31)45-30/h8-9,14-16,23,26,30,45H,3-7,10-13,17-21H2,1-2H3/t23-,26+,30+,39+/m1/s1. The second kappa shape index (κ2) is 12.7. The van der Waals surface area contributed by atoms with Crippen LogP contribution in [0.15, 0.2) is 69.8 Å². The zero-order valence-electron chi connectivity index (χ0n) is 29.0. The Balaban J connectivity index is 1.25. The predicted octanol–water partition coefficient (Wildman–Crippen LogP) is 7.54. The summed E-state index contributed by atoms with van der Waals surface area (Å²) < 4.78 is 82.9. The molecule has 1 N–H and O–H groups in total. The van der Waals surface area contributed by atoms with E-state index < -0.39 is 29.2 Å². The van der Waals surface area contributed by atoms with Crippen LogP contribution in [0.5, 0.6) is 5.75 Å². The Kier molecular flexibility index (Phi) is 8.19. The molecule has 2 aromatic carbocycles. The molecule has 1 aliphatic carbocycles. The summed E-state index contributed by atoms with van der Waals surface area (Å²) >= 11 is 0. The minimum absolute atomic E-state index is 0.0760. The van der Waals surface area contributed by atoms with Gasteiger partial charge in [-0.3, -0.25) is 14.8 Å². The van der Waals surface area contributed by atoms with Crippen LogP contribution in [0, 0.1) is 11.7 Å².